The van der Waals surface area contributed by atoms with Crippen molar-refractivity contribution >= 4 is 11.8 Å². The van der Waals surface area contributed by atoms with E-state index < -0.39 is 12.1 Å². The summed E-state index contributed by atoms with van der Waals surface area (Å²) in [6.07, 6.45) is 0.163. The predicted octanol–water partition coefficient (Wildman–Crippen LogP) is 1.60. The number of pyridine rings is 1. The Kier molecular flexibility index (Phi) is 4.67. The molecule has 0 saturated carbocycles. The summed E-state index contributed by atoms with van der Waals surface area (Å²) in [5.41, 5.74) is 1.72. The first-order valence-electron chi connectivity index (χ1n) is 5.93. The van der Waals surface area contributed by atoms with Crippen molar-refractivity contribution in [3.8, 4) is 0 Å². The number of rotatable bonds is 5. The van der Waals surface area contributed by atoms with Gasteiger partial charge in [0.2, 0.25) is 0 Å². The molecule has 1 aromatic heterocycles. The van der Waals surface area contributed by atoms with Gasteiger partial charge in [-0.15, -0.1) is 0 Å². The van der Waals surface area contributed by atoms with Crippen LogP contribution in [0.2, 0.25) is 0 Å². The van der Waals surface area contributed by atoms with E-state index >= 15 is 0 Å². The molecule has 100 valence electrons. The Balaban J connectivity index is 3.09. The first kappa shape index (κ1) is 14.4. The molecule has 0 saturated heterocycles. The van der Waals surface area contributed by atoms with E-state index in [4.69, 9.17) is 0 Å². The number of hydrogen-bond acceptors (Lipinski definition) is 4. The number of aliphatic hydroxyl groups is 1. The third-order valence-electron chi connectivity index (χ3n) is 2.78. The molecule has 0 aliphatic heterocycles. The molecule has 0 bridgehead atoms. The van der Waals surface area contributed by atoms with Gasteiger partial charge in [-0.25, -0.2) is 9.78 Å². The lowest BCUT2D eigenvalue weighted by Crippen LogP contribution is -2.25. The maximum Gasteiger partial charge on any atom is 0.339 e. The molecule has 5 nitrogen and oxygen atoms in total. The van der Waals surface area contributed by atoms with Gasteiger partial charge < -0.3 is 15.1 Å². The number of aryl methyl sites for hydroxylation is 2. The second kappa shape index (κ2) is 5.82. The second-order valence-electron chi connectivity index (χ2n) is 4.64. The molecule has 2 N–H and O–H groups in total. The van der Waals surface area contributed by atoms with E-state index in [-0.39, 0.29) is 5.56 Å². The zero-order valence-corrected chi connectivity index (χ0v) is 11.3. The van der Waals surface area contributed by atoms with Gasteiger partial charge in [0.25, 0.3) is 0 Å². The van der Waals surface area contributed by atoms with Crippen LogP contribution in [0.3, 0.4) is 0 Å². The Bertz CT molecular complexity index is 444. The first-order chi connectivity index (χ1) is 8.32. The van der Waals surface area contributed by atoms with Crippen molar-refractivity contribution < 1.29 is 15.0 Å². The van der Waals surface area contributed by atoms with Crippen LogP contribution in [0.5, 0.6) is 0 Å². The lowest BCUT2D eigenvalue weighted by atomic mass is 10.1. The summed E-state index contributed by atoms with van der Waals surface area (Å²) in [7, 11) is 1.79. The van der Waals surface area contributed by atoms with Crippen molar-refractivity contribution in [2.45, 2.75) is 33.3 Å². The van der Waals surface area contributed by atoms with Crippen LogP contribution in [-0.2, 0) is 0 Å². The Morgan fingerprint density at radius 2 is 2.11 bits per heavy atom. The van der Waals surface area contributed by atoms with E-state index in [0.29, 0.717) is 24.3 Å². The number of anilines is 1. The highest BCUT2D eigenvalue weighted by Gasteiger charge is 2.18. The summed E-state index contributed by atoms with van der Waals surface area (Å²) in [6.45, 7) is 5.88. The molecule has 1 aromatic rings. The zero-order chi connectivity index (χ0) is 13.9. The van der Waals surface area contributed by atoms with E-state index in [2.05, 4.69) is 4.98 Å². The van der Waals surface area contributed by atoms with Gasteiger partial charge >= 0.3 is 5.97 Å². The highest BCUT2D eigenvalue weighted by atomic mass is 16.4. The van der Waals surface area contributed by atoms with Crippen molar-refractivity contribution in [3.05, 3.63) is 22.9 Å². The van der Waals surface area contributed by atoms with Crippen molar-refractivity contribution in [2.75, 3.05) is 18.5 Å². The van der Waals surface area contributed by atoms with Gasteiger partial charge in [-0.1, -0.05) is 0 Å². The number of carboxylic acids is 1. The third kappa shape index (κ3) is 3.43. The summed E-state index contributed by atoms with van der Waals surface area (Å²) in [5, 5.41) is 18.5. The SMILES string of the molecule is Cc1cc(C)c(C(=O)O)c(N(C)CCC(C)O)n1. The van der Waals surface area contributed by atoms with Crippen LogP contribution in [0, 0.1) is 13.8 Å². The summed E-state index contributed by atoms with van der Waals surface area (Å²) in [5.74, 6) is -0.514. The molecule has 1 unspecified atom stereocenters. The highest BCUT2D eigenvalue weighted by Crippen LogP contribution is 2.22. The first-order valence-corrected chi connectivity index (χ1v) is 5.93. The molecule has 1 rings (SSSR count). The molecule has 0 radical (unpaired) electrons. The maximum atomic E-state index is 11.3. The quantitative estimate of drug-likeness (QED) is 0.832. The van der Waals surface area contributed by atoms with Crippen LogP contribution >= 0.6 is 0 Å². The fraction of sp³-hybridized carbons (Fsp3) is 0.538. The summed E-state index contributed by atoms with van der Waals surface area (Å²) < 4.78 is 0. The number of carbonyl (C=O) groups is 1. The topological polar surface area (TPSA) is 73.7 Å². The van der Waals surface area contributed by atoms with Crippen LogP contribution < -0.4 is 4.90 Å². The number of carboxylic acid groups (broad SMARTS) is 1. The smallest absolute Gasteiger partial charge is 0.339 e. The summed E-state index contributed by atoms with van der Waals surface area (Å²) in [6, 6.07) is 1.76. The molecular formula is C13H20N2O3. The Morgan fingerprint density at radius 3 is 2.61 bits per heavy atom. The molecular weight excluding hydrogens is 232 g/mol. The minimum Gasteiger partial charge on any atom is -0.478 e. The molecule has 0 aromatic carbocycles. The summed E-state index contributed by atoms with van der Waals surface area (Å²) in [4.78, 5) is 17.4. The average molecular weight is 252 g/mol. The highest BCUT2D eigenvalue weighted by molar-refractivity contribution is 5.95. The summed E-state index contributed by atoms with van der Waals surface area (Å²) >= 11 is 0. The standard InChI is InChI=1S/C13H20N2O3/c1-8-7-9(2)14-12(11(8)13(17)18)15(4)6-5-10(3)16/h7,10,16H,5-6H2,1-4H3,(H,17,18). The maximum absolute atomic E-state index is 11.3. The van der Waals surface area contributed by atoms with E-state index in [1.54, 1.807) is 31.9 Å². The molecule has 5 heteroatoms. The molecule has 0 fully saturated rings. The fourth-order valence-electron chi connectivity index (χ4n) is 1.84. The number of aliphatic hydroxyl groups excluding tert-OH is 1. The molecule has 1 atom stereocenters. The van der Waals surface area contributed by atoms with Crippen LogP contribution in [0.1, 0.15) is 35.0 Å². The van der Waals surface area contributed by atoms with Crippen molar-refractivity contribution in [2.24, 2.45) is 0 Å². The molecule has 18 heavy (non-hydrogen) atoms. The molecule has 1 heterocycles. The van der Waals surface area contributed by atoms with Gasteiger partial charge in [0, 0.05) is 19.3 Å². The van der Waals surface area contributed by atoms with Crippen LogP contribution in [0.15, 0.2) is 6.07 Å². The predicted molar refractivity (Wildman–Crippen MR) is 70.2 cm³/mol. The Hall–Kier alpha value is -1.62. The van der Waals surface area contributed by atoms with E-state index in [0.717, 1.165) is 5.69 Å². The molecule has 0 spiro atoms. The second-order valence-corrected chi connectivity index (χ2v) is 4.64. The fourth-order valence-corrected chi connectivity index (χ4v) is 1.84. The van der Waals surface area contributed by atoms with Gasteiger partial charge in [0.05, 0.1) is 6.10 Å². The molecule has 0 amide bonds. The monoisotopic (exact) mass is 252 g/mol. The van der Waals surface area contributed by atoms with Crippen molar-refractivity contribution in [3.63, 3.8) is 0 Å². The Labute approximate surface area is 107 Å². The van der Waals surface area contributed by atoms with Crippen LogP contribution in [0.4, 0.5) is 5.82 Å². The van der Waals surface area contributed by atoms with Gasteiger partial charge in [0.15, 0.2) is 0 Å². The van der Waals surface area contributed by atoms with Crippen LogP contribution in [-0.4, -0.2) is 40.9 Å². The molecule has 0 aliphatic carbocycles. The normalized spacial score (nSPS) is 12.3. The number of aromatic nitrogens is 1. The van der Waals surface area contributed by atoms with Crippen molar-refractivity contribution in [1.29, 1.82) is 0 Å². The lowest BCUT2D eigenvalue weighted by Gasteiger charge is -2.22. The zero-order valence-electron chi connectivity index (χ0n) is 11.3. The number of hydrogen-bond donors (Lipinski definition) is 2. The van der Waals surface area contributed by atoms with Crippen LogP contribution in [0.25, 0.3) is 0 Å². The van der Waals surface area contributed by atoms with E-state index in [9.17, 15) is 15.0 Å². The minimum absolute atomic E-state index is 0.230. The largest absolute Gasteiger partial charge is 0.478 e. The average Bonchev–Trinajstić information content (AvgIpc) is 2.23. The minimum atomic E-state index is -0.973. The van der Waals surface area contributed by atoms with E-state index in [1.807, 2.05) is 6.92 Å². The van der Waals surface area contributed by atoms with Gasteiger partial charge in [-0.05, 0) is 38.8 Å². The number of nitrogens with zero attached hydrogens (tertiary/aromatic N) is 2. The Morgan fingerprint density at radius 1 is 1.50 bits per heavy atom. The van der Waals surface area contributed by atoms with E-state index in [1.165, 1.54) is 0 Å². The van der Waals surface area contributed by atoms with Gasteiger partial charge in [-0.3, -0.25) is 0 Å². The van der Waals surface area contributed by atoms with Gasteiger partial charge in [-0.2, -0.15) is 0 Å². The molecule has 0 aliphatic rings. The lowest BCUT2D eigenvalue weighted by molar-refractivity contribution is 0.0696. The third-order valence-corrected chi connectivity index (χ3v) is 2.78. The van der Waals surface area contributed by atoms with Crippen molar-refractivity contribution in [1.82, 2.24) is 4.98 Å². The van der Waals surface area contributed by atoms with Gasteiger partial charge in [0.1, 0.15) is 11.4 Å². The number of aromatic carboxylic acids is 1.